The third-order valence-electron chi connectivity index (χ3n) is 4.75. The number of ether oxygens (including phenoxy) is 1. The highest BCUT2D eigenvalue weighted by Gasteiger charge is 2.29. The molecule has 0 aliphatic carbocycles. The van der Waals surface area contributed by atoms with Gasteiger partial charge in [-0.1, -0.05) is 25.4 Å². The van der Waals surface area contributed by atoms with E-state index in [1.165, 1.54) is 38.0 Å². The molecule has 1 saturated heterocycles. The minimum absolute atomic E-state index is 0.330. The van der Waals surface area contributed by atoms with Gasteiger partial charge in [0.15, 0.2) is 0 Å². The lowest BCUT2D eigenvalue weighted by Crippen LogP contribution is -2.38. The Labute approximate surface area is 146 Å². The first-order valence-electron chi connectivity index (χ1n) is 8.89. The Morgan fingerprint density at radius 2 is 2.00 bits per heavy atom. The van der Waals surface area contributed by atoms with E-state index in [1.54, 1.807) is 0 Å². The summed E-state index contributed by atoms with van der Waals surface area (Å²) in [5, 5.41) is 0.763. The Hall–Kier alpha value is -0.770. The first kappa shape index (κ1) is 18.6. The molecule has 1 fully saturated rings. The van der Waals surface area contributed by atoms with Crippen LogP contribution in [0, 0.1) is 11.8 Å². The predicted molar refractivity (Wildman–Crippen MR) is 98.4 cm³/mol. The standard InChI is InChI=1S/C19H31ClN2O/c1-4-23-19-6-5-16(20)11-17(19)18(12-21)15-7-9-22(10-8-15)13-14(2)3/h5-6,11,14-15,18H,4,7-10,12-13,21H2,1-3H3. The van der Waals surface area contributed by atoms with Crippen molar-refractivity contribution in [2.75, 3.05) is 32.8 Å². The summed E-state index contributed by atoms with van der Waals surface area (Å²) >= 11 is 6.23. The molecule has 0 amide bonds. The van der Waals surface area contributed by atoms with Crippen molar-refractivity contribution in [2.24, 2.45) is 17.6 Å². The van der Waals surface area contributed by atoms with Gasteiger partial charge in [-0.15, -0.1) is 0 Å². The highest BCUT2D eigenvalue weighted by atomic mass is 35.5. The molecule has 0 radical (unpaired) electrons. The number of hydrogen-bond acceptors (Lipinski definition) is 3. The van der Waals surface area contributed by atoms with Gasteiger partial charge >= 0.3 is 0 Å². The monoisotopic (exact) mass is 338 g/mol. The van der Waals surface area contributed by atoms with Crippen molar-refractivity contribution in [3.8, 4) is 5.75 Å². The van der Waals surface area contributed by atoms with Crippen molar-refractivity contribution < 1.29 is 4.74 Å². The molecule has 1 aliphatic rings. The number of piperidine rings is 1. The zero-order valence-corrected chi connectivity index (χ0v) is 15.5. The molecule has 2 N–H and O–H groups in total. The van der Waals surface area contributed by atoms with Gasteiger partial charge in [-0.05, 0) is 69.4 Å². The lowest BCUT2D eigenvalue weighted by Gasteiger charge is -2.37. The van der Waals surface area contributed by atoms with Crippen LogP contribution in [-0.2, 0) is 0 Å². The second kappa shape index (κ2) is 8.91. The number of rotatable bonds is 7. The van der Waals surface area contributed by atoms with Gasteiger partial charge in [0.05, 0.1) is 6.61 Å². The molecule has 1 aromatic carbocycles. The Kier molecular flexibility index (Phi) is 7.19. The number of nitrogens with two attached hydrogens (primary N) is 1. The minimum atomic E-state index is 0.330. The molecule has 1 heterocycles. The summed E-state index contributed by atoms with van der Waals surface area (Å²) < 4.78 is 5.81. The molecule has 0 bridgehead atoms. The number of hydrogen-bond donors (Lipinski definition) is 1. The fourth-order valence-electron chi connectivity index (χ4n) is 3.72. The number of halogens is 1. The summed E-state index contributed by atoms with van der Waals surface area (Å²) in [5.41, 5.74) is 7.34. The molecule has 0 aromatic heterocycles. The number of likely N-dealkylation sites (tertiary alicyclic amines) is 1. The van der Waals surface area contributed by atoms with Gasteiger partial charge < -0.3 is 15.4 Å². The van der Waals surface area contributed by atoms with E-state index in [-0.39, 0.29) is 0 Å². The molecule has 1 aliphatic heterocycles. The van der Waals surface area contributed by atoms with Crippen molar-refractivity contribution >= 4 is 11.6 Å². The van der Waals surface area contributed by atoms with E-state index in [4.69, 9.17) is 22.1 Å². The van der Waals surface area contributed by atoms with Gasteiger partial charge in [0.1, 0.15) is 5.75 Å². The molecule has 2 rings (SSSR count). The molecule has 1 unspecified atom stereocenters. The van der Waals surface area contributed by atoms with Crippen molar-refractivity contribution in [3.63, 3.8) is 0 Å². The smallest absolute Gasteiger partial charge is 0.122 e. The fraction of sp³-hybridized carbons (Fsp3) is 0.684. The lowest BCUT2D eigenvalue weighted by atomic mass is 9.79. The summed E-state index contributed by atoms with van der Waals surface area (Å²) in [7, 11) is 0. The molecule has 3 nitrogen and oxygen atoms in total. The minimum Gasteiger partial charge on any atom is -0.494 e. The average Bonchev–Trinajstić information content (AvgIpc) is 2.52. The van der Waals surface area contributed by atoms with E-state index in [1.807, 2.05) is 25.1 Å². The van der Waals surface area contributed by atoms with Crippen LogP contribution in [0.1, 0.15) is 45.1 Å². The van der Waals surface area contributed by atoms with E-state index in [0.717, 1.165) is 16.7 Å². The molecule has 0 saturated carbocycles. The largest absolute Gasteiger partial charge is 0.494 e. The quantitative estimate of drug-likeness (QED) is 0.811. The van der Waals surface area contributed by atoms with Gasteiger partial charge in [0, 0.05) is 23.0 Å². The molecule has 130 valence electrons. The maximum atomic E-state index is 6.23. The van der Waals surface area contributed by atoms with E-state index < -0.39 is 0 Å². The van der Waals surface area contributed by atoms with Gasteiger partial charge in [0.25, 0.3) is 0 Å². The van der Waals surface area contributed by atoms with Crippen LogP contribution in [0.5, 0.6) is 5.75 Å². The Morgan fingerprint density at radius 1 is 1.30 bits per heavy atom. The molecule has 23 heavy (non-hydrogen) atoms. The van der Waals surface area contributed by atoms with Crippen LogP contribution in [0.2, 0.25) is 5.02 Å². The lowest BCUT2D eigenvalue weighted by molar-refractivity contribution is 0.154. The topological polar surface area (TPSA) is 38.5 Å². The van der Waals surface area contributed by atoms with Gasteiger partial charge in [0.2, 0.25) is 0 Å². The highest BCUT2D eigenvalue weighted by Crippen LogP contribution is 2.38. The zero-order chi connectivity index (χ0) is 16.8. The van der Waals surface area contributed by atoms with Gasteiger partial charge in [-0.3, -0.25) is 0 Å². The van der Waals surface area contributed by atoms with Crippen molar-refractivity contribution in [3.05, 3.63) is 28.8 Å². The summed E-state index contributed by atoms with van der Waals surface area (Å²) in [5.74, 6) is 2.61. The van der Waals surface area contributed by atoms with E-state index in [9.17, 15) is 0 Å². The average molecular weight is 339 g/mol. The van der Waals surface area contributed by atoms with Crippen LogP contribution in [0.4, 0.5) is 0 Å². The van der Waals surface area contributed by atoms with E-state index in [2.05, 4.69) is 18.7 Å². The maximum Gasteiger partial charge on any atom is 0.122 e. The molecule has 4 heteroatoms. The normalized spacial score (nSPS) is 18.3. The third kappa shape index (κ3) is 5.10. The van der Waals surface area contributed by atoms with Crippen molar-refractivity contribution in [1.29, 1.82) is 0 Å². The zero-order valence-electron chi connectivity index (χ0n) is 14.7. The van der Waals surface area contributed by atoms with Crippen molar-refractivity contribution in [1.82, 2.24) is 4.90 Å². The second-order valence-corrected chi connectivity index (χ2v) is 7.43. The molecule has 1 atom stereocenters. The first-order chi connectivity index (χ1) is 11.0. The van der Waals surface area contributed by atoms with E-state index in [0.29, 0.717) is 25.0 Å². The SMILES string of the molecule is CCOc1ccc(Cl)cc1C(CN)C1CCN(CC(C)C)CC1. The number of nitrogens with zero attached hydrogens (tertiary/aromatic N) is 1. The van der Waals surface area contributed by atoms with Crippen LogP contribution in [-0.4, -0.2) is 37.7 Å². The van der Waals surface area contributed by atoms with Crippen LogP contribution < -0.4 is 10.5 Å². The Balaban J connectivity index is 2.10. The summed E-state index contributed by atoms with van der Waals surface area (Å²) in [6.07, 6.45) is 2.40. The van der Waals surface area contributed by atoms with Crippen LogP contribution >= 0.6 is 11.6 Å². The summed E-state index contributed by atoms with van der Waals surface area (Å²) in [6, 6.07) is 5.93. The molecular formula is C19H31ClN2O. The van der Waals surface area contributed by atoms with Crippen LogP contribution in [0.3, 0.4) is 0 Å². The van der Waals surface area contributed by atoms with E-state index >= 15 is 0 Å². The molecule has 0 spiro atoms. The molecular weight excluding hydrogens is 308 g/mol. The van der Waals surface area contributed by atoms with Gasteiger partial charge in [-0.25, -0.2) is 0 Å². The predicted octanol–water partition coefficient (Wildman–Crippen LogP) is 4.15. The van der Waals surface area contributed by atoms with Crippen LogP contribution in [0.25, 0.3) is 0 Å². The van der Waals surface area contributed by atoms with Crippen molar-refractivity contribution in [2.45, 2.75) is 39.5 Å². The molecule has 1 aromatic rings. The summed E-state index contributed by atoms with van der Waals surface area (Å²) in [6.45, 7) is 11.4. The number of benzene rings is 1. The Bertz CT molecular complexity index is 484. The summed E-state index contributed by atoms with van der Waals surface area (Å²) in [4.78, 5) is 2.58. The third-order valence-corrected chi connectivity index (χ3v) is 4.98. The van der Waals surface area contributed by atoms with Crippen LogP contribution in [0.15, 0.2) is 18.2 Å². The maximum absolute atomic E-state index is 6.23. The highest BCUT2D eigenvalue weighted by molar-refractivity contribution is 6.30. The Morgan fingerprint density at radius 3 is 2.57 bits per heavy atom. The second-order valence-electron chi connectivity index (χ2n) is 6.99. The van der Waals surface area contributed by atoms with Gasteiger partial charge in [-0.2, -0.15) is 0 Å². The fourth-order valence-corrected chi connectivity index (χ4v) is 3.90. The first-order valence-corrected chi connectivity index (χ1v) is 9.27.